The maximum atomic E-state index is 13.3. The Morgan fingerprint density at radius 3 is 2.68 bits per heavy atom. The molecule has 3 aliphatic rings. The molecule has 4 amide bonds. The number of imide groups is 1. The van der Waals surface area contributed by atoms with Crippen molar-refractivity contribution in [3.05, 3.63) is 65.2 Å². The van der Waals surface area contributed by atoms with Gasteiger partial charge >= 0.3 is 6.03 Å². The molecule has 2 N–H and O–H groups in total. The van der Waals surface area contributed by atoms with Gasteiger partial charge in [0, 0.05) is 12.0 Å². The number of para-hydroxylation sites is 1. The molecular formula is C24H25N3O4. The van der Waals surface area contributed by atoms with Gasteiger partial charge in [-0.2, -0.15) is 0 Å². The molecule has 2 aromatic carbocycles. The maximum Gasteiger partial charge on any atom is 0.325 e. The van der Waals surface area contributed by atoms with Gasteiger partial charge in [0.1, 0.15) is 12.3 Å². The Hall–Kier alpha value is -3.35. The Labute approximate surface area is 180 Å². The molecule has 31 heavy (non-hydrogen) atoms. The van der Waals surface area contributed by atoms with Crippen LogP contribution >= 0.6 is 0 Å². The van der Waals surface area contributed by atoms with Crippen LogP contribution in [-0.2, 0) is 15.1 Å². The van der Waals surface area contributed by atoms with E-state index in [1.54, 1.807) is 12.1 Å². The minimum absolute atomic E-state index is 0.105. The number of hydrogen-bond acceptors (Lipinski definition) is 4. The number of ether oxygens (including phenoxy) is 1. The van der Waals surface area contributed by atoms with Gasteiger partial charge in [-0.05, 0) is 37.3 Å². The van der Waals surface area contributed by atoms with E-state index in [9.17, 15) is 14.4 Å². The first-order valence-electron chi connectivity index (χ1n) is 10.7. The summed E-state index contributed by atoms with van der Waals surface area (Å²) in [4.78, 5) is 40.0. The minimum Gasteiger partial charge on any atom is -0.493 e. The Morgan fingerprint density at radius 1 is 1.19 bits per heavy atom. The highest BCUT2D eigenvalue weighted by atomic mass is 16.5. The molecule has 160 valence electrons. The van der Waals surface area contributed by atoms with Crippen LogP contribution in [0.1, 0.15) is 42.0 Å². The van der Waals surface area contributed by atoms with Crippen molar-refractivity contribution in [3.8, 4) is 5.75 Å². The number of benzene rings is 2. The van der Waals surface area contributed by atoms with E-state index < -0.39 is 17.5 Å². The van der Waals surface area contributed by atoms with E-state index >= 15 is 0 Å². The number of nitrogens with zero attached hydrogens (tertiary/aromatic N) is 1. The van der Waals surface area contributed by atoms with Gasteiger partial charge in [0.05, 0.1) is 12.6 Å². The molecule has 1 saturated carbocycles. The van der Waals surface area contributed by atoms with Crippen LogP contribution in [-0.4, -0.2) is 35.9 Å². The second-order valence-corrected chi connectivity index (χ2v) is 8.61. The number of nitrogens with one attached hydrogen (secondary N) is 2. The zero-order valence-electron chi connectivity index (χ0n) is 17.4. The van der Waals surface area contributed by atoms with Crippen molar-refractivity contribution in [2.45, 2.75) is 37.8 Å². The topological polar surface area (TPSA) is 87.7 Å². The van der Waals surface area contributed by atoms with Crippen molar-refractivity contribution in [2.75, 3.05) is 13.2 Å². The summed E-state index contributed by atoms with van der Waals surface area (Å²) < 4.78 is 5.65. The molecule has 1 spiro atoms. The van der Waals surface area contributed by atoms with E-state index in [0.29, 0.717) is 30.3 Å². The standard InChI is InChI=1S/C24H25N3O4/c1-15-6-8-16(9-7-15)21(17-10-11-17)25-20(28)14-27-22(29)24(26-23(27)30)12-13-31-19-5-3-2-4-18(19)24/h2-9,17,21H,10-14H2,1H3,(H,25,28)(H,26,30)/t21-,24+/m0/s1. The fourth-order valence-electron chi connectivity index (χ4n) is 4.55. The van der Waals surface area contributed by atoms with E-state index in [1.807, 2.05) is 43.3 Å². The predicted molar refractivity (Wildman–Crippen MR) is 113 cm³/mol. The van der Waals surface area contributed by atoms with Crippen molar-refractivity contribution in [2.24, 2.45) is 5.92 Å². The van der Waals surface area contributed by atoms with Crippen LogP contribution in [0.15, 0.2) is 48.5 Å². The summed E-state index contributed by atoms with van der Waals surface area (Å²) >= 11 is 0. The third-order valence-corrected chi connectivity index (χ3v) is 6.41. The highest BCUT2D eigenvalue weighted by Gasteiger charge is 2.55. The molecule has 1 saturated heterocycles. The van der Waals surface area contributed by atoms with E-state index in [0.717, 1.165) is 28.9 Å². The van der Waals surface area contributed by atoms with Crippen LogP contribution in [0.5, 0.6) is 5.75 Å². The molecule has 2 heterocycles. The largest absolute Gasteiger partial charge is 0.493 e. The lowest BCUT2D eigenvalue weighted by atomic mass is 9.84. The number of amides is 4. The minimum atomic E-state index is -1.17. The van der Waals surface area contributed by atoms with Gasteiger partial charge in [-0.3, -0.25) is 14.5 Å². The second-order valence-electron chi connectivity index (χ2n) is 8.61. The molecule has 0 radical (unpaired) electrons. The Balaban J connectivity index is 1.33. The fourth-order valence-corrected chi connectivity index (χ4v) is 4.55. The summed E-state index contributed by atoms with van der Waals surface area (Å²) in [5.74, 6) is 0.241. The molecule has 7 nitrogen and oxygen atoms in total. The number of carbonyl (C=O) groups excluding carboxylic acids is 3. The smallest absolute Gasteiger partial charge is 0.325 e. The summed E-state index contributed by atoms with van der Waals surface area (Å²) in [6, 6.07) is 14.7. The number of aryl methyl sites for hydroxylation is 1. The molecule has 0 bridgehead atoms. The molecule has 2 aliphatic heterocycles. The highest BCUT2D eigenvalue weighted by Crippen LogP contribution is 2.42. The van der Waals surface area contributed by atoms with Gasteiger partial charge in [-0.1, -0.05) is 48.0 Å². The lowest BCUT2D eigenvalue weighted by Crippen LogP contribution is -2.48. The number of rotatable bonds is 5. The zero-order chi connectivity index (χ0) is 21.6. The first-order chi connectivity index (χ1) is 15.0. The first-order valence-corrected chi connectivity index (χ1v) is 10.7. The van der Waals surface area contributed by atoms with E-state index in [4.69, 9.17) is 4.74 Å². The number of urea groups is 1. The maximum absolute atomic E-state index is 13.3. The van der Waals surface area contributed by atoms with Gasteiger partial charge in [-0.25, -0.2) is 4.79 Å². The molecule has 2 fully saturated rings. The van der Waals surface area contributed by atoms with Gasteiger partial charge in [-0.15, -0.1) is 0 Å². The number of hydrogen-bond donors (Lipinski definition) is 2. The van der Waals surface area contributed by atoms with Crippen LogP contribution < -0.4 is 15.4 Å². The van der Waals surface area contributed by atoms with Crippen molar-refractivity contribution in [3.63, 3.8) is 0 Å². The zero-order valence-corrected chi connectivity index (χ0v) is 17.4. The van der Waals surface area contributed by atoms with Crippen molar-refractivity contribution < 1.29 is 19.1 Å². The van der Waals surface area contributed by atoms with Crippen LogP contribution in [0.2, 0.25) is 0 Å². The number of carbonyl (C=O) groups is 3. The summed E-state index contributed by atoms with van der Waals surface area (Å²) in [7, 11) is 0. The quantitative estimate of drug-likeness (QED) is 0.730. The molecule has 0 aromatic heterocycles. The lowest BCUT2D eigenvalue weighted by molar-refractivity contribution is -0.136. The van der Waals surface area contributed by atoms with Crippen molar-refractivity contribution in [1.29, 1.82) is 0 Å². The SMILES string of the molecule is Cc1ccc([C@H](NC(=O)CN2C(=O)N[C@@]3(CCOc4ccccc43)C2=O)C2CC2)cc1. The third-order valence-electron chi connectivity index (χ3n) is 6.41. The lowest BCUT2D eigenvalue weighted by Gasteiger charge is -2.33. The van der Waals surface area contributed by atoms with Gasteiger partial charge < -0.3 is 15.4 Å². The monoisotopic (exact) mass is 419 g/mol. The Kier molecular flexibility index (Phi) is 4.68. The van der Waals surface area contributed by atoms with Gasteiger partial charge in [0.2, 0.25) is 5.91 Å². The summed E-state index contributed by atoms with van der Waals surface area (Å²) in [5, 5.41) is 5.89. The fraction of sp³-hybridized carbons (Fsp3) is 0.375. The second kappa shape index (κ2) is 7.41. The van der Waals surface area contributed by atoms with Gasteiger partial charge in [0.15, 0.2) is 5.54 Å². The van der Waals surface area contributed by atoms with E-state index in [1.165, 1.54) is 0 Å². The van der Waals surface area contributed by atoms with Crippen LogP contribution in [0.25, 0.3) is 0 Å². The van der Waals surface area contributed by atoms with Gasteiger partial charge in [0.25, 0.3) is 5.91 Å². The molecular weight excluding hydrogens is 394 g/mol. The third kappa shape index (κ3) is 3.44. The molecule has 2 aromatic rings. The Morgan fingerprint density at radius 2 is 1.94 bits per heavy atom. The van der Waals surface area contributed by atoms with Crippen molar-refractivity contribution in [1.82, 2.24) is 15.5 Å². The summed E-state index contributed by atoms with van der Waals surface area (Å²) in [5.41, 5.74) is 1.68. The molecule has 0 unspecified atom stereocenters. The van der Waals surface area contributed by atoms with E-state index in [2.05, 4.69) is 10.6 Å². The number of fused-ring (bicyclic) bond motifs is 2. The summed E-state index contributed by atoms with van der Waals surface area (Å²) in [6.45, 7) is 2.04. The normalized spacial score (nSPS) is 23.2. The predicted octanol–water partition coefficient (Wildman–Crippen LogP) is 2.79. The average molecular weight is 419 g/mol. The Bertz CT molecular complexity index is 1050. The molecule has 5 rings (SSSR count). The van der Waals surface area contributed by atoms with Crippen LogP contribution in [0.3, 0.4) is 0 Å². The van der Waals surface area contributed by atoms with Crippen LogP contribution in [0.4, 0.5) is 4.79 Å². The summed E-state index contributed by atoms with van der Waals surface area (Å²) in [6.07, 6.45) is 2.45. The average Bonchev–Trinajstić information content (AvgIpc) is 3.58. The molecule has 2 atom stereocenters. The van der Waals surface area contributed by atoms with Crippen LogP contribution in [0, 0.1) is 12.8 Å². The molecule has 1 aliphatic carbocycles. The van der Waals surface area contributed by atoms with E-state index in [-0.39, 0.29) is 18.5 Å². The van der Waals surface area contributed by atoms with Crippen molar-refractivity contribution >= 4 is 17.8 Å². The molecule has 7 heteroatoms. The highest BCUT2D eigenvalue weighted by molar-refractivity contribution is 6.09. The first kappa shape index (κ1) is 19.6.